The number of carbonyl (C=O) groups excluding carboxylic acids is 2. The number of nitrogens with one attached hydrogen (secondary N) is 1. The second kappa shape index (κ2) is 12.7. The Hall–Kier alpha value is -3.22. The number of hydrogen-bond acceptors (Lipinski definition) is 5. The Morgan fingerprint density at radius 2 is 1.67 bits per heavy atom. The first-order valence-electron chi connectivity index (χ1n) is 11.3. The monoisotopic (exact) mass is 456 g/mol. The molecule has 0 unspecified atom stereocenters. The summed E-state index contributed by atoms with van der Waals surface area (Å²) in [6, 6.07) is 12.6. The van der Waals surface area contributed by atoms with Crippen molar-refractivity contribution in [3.63, 3.8) is 0 Å². The first kappa shape index (κ1) is 26.0. The predicted octanol–water partition coefficient (Wildman–Crippen LogP) is 3.98. The van der Waals surface area contributed by atoms with Crippen LogP contribution in [0.5, 0.6) is 17.2 Å². The van der Waals surface area contributed by atoms with Crippen molar-refractivity contribution in [2.24, 2.45) is 0 Å². The first-order valence-corrected chi connectivity index (χ1v) is 11.3. The van der Waals surface area contributed by atoms with Gasteiger partial charge in [0.15, 0.2) is 11.5 Å². The Kier molecular flexibility index (Phi) is 10.0. The van der Waals surface area contributed by atoms with Crippen molar-refractivity contribution in [3.8, 4) is 17.2 Å². The molecule has 0 spiro atoms. The molecule has 180 valence electrons. The number of aryl methyl sites for hydroxylation is 1. The molecule has 0 saturated heterocycles. The van der Waals surface area contributed by atoms with Crippen molar-refractivity contribution >= 4 is 11.8 Å². The van der Waals surface area contributed by atoms with E-state index in [4.69, 9.17) is 14.2 Å². The second-order valence-corrected chi connectivity index (χ2v) is 8.06. The van der Waals surface area contributed by atoms with Crippen LogP contribution in [0.25, 0.3) is 0 Å². The van der Waals surface area contributed by atoms with Gasteiger partial charge in [-0.2, -0.15) is 0 Å². The number of rotatable bonds is 12. The van der Waals surface area contributed by atoms with Crippen LogP contribution in [0.1, 0.15) is 44.7 Å². The highest BCUT2D eigenvalue weighted by molar-refractivity contribution is 5.87. The lowest BCUT2D eigenvalue weighted by atomic mass is 10.1. The van der Waals surface area contributed by atoms with Crippen molar-refractivity contribution in [2.75, 3.05) is 21.3 Å². The minimum atomic E-state index is -0.608. The van der Waals surface area contributed by atoms with Gasteiger partial charge in [-0.1, -0.05) is 25.1 Å². The first-order chi connectivity index (χ1) is 15.8. The zero-order valence-electron chi connectivity index (χ0n) is 20.5. The third-order valence-corrected chi connectivity index (χ3v) is 5.73. The van der Waals surface area contributed by atoms with Gasteiger partial charge >= 0.3 is 0 Å². The fourth-order valence-electron chi connectivity index (χ4n) is 3.45. The summed E-state index contributed by atoms with van der Waals surface area (Å²) in [5, 5.41) is 2.99. The van der Waals surface area contributed by atoms with E-state index in [9.17, 15) is 9.59 Å². The molecular weight excluding hydrogens is 420 g/mol. The van der Waals surface area contributed by atoms with E-state index in [0.717, 1.165) is 17.5 Å². The number of carbonyl (C=O) groups is 2. The lowest BCUT2D eigenvalue weighted by molar-refractivity contribution is -0.140. The summed E-state index contributed by atoms with van der Waals surface area (Å²) in [5.74, 6) is 1.72. The summed E-state index contributed by atoms with van der Waals surface area (Å²) >= 11 is 0. The molecule has 2 aromatic carbocycles. The van der Waals surface area contributed by atoms with Crippen LogP contribution in [-0.4, -0.2) is 50.1 Å². The lowest BCUT2D eigenvalue weighted by Crippen LogP contribution is -2.49. The highest BCUT2D eigenvalue weighted by Gasteiger charge is 2.26. The minimum Gasteiger partial charge on any atom is -0.497 e. The number of hydrogen-bond donors (Lipinski definition) is 1. The van der Waals surface area contributed by atoms with Crippen molar-refractivity contribution in [3.05, 3.63) is 53.6 Å². The number of methoxy groups -OCH3 is 3. The highest BCUT2D eigenvalue weighted by atomic mass is 16.5. The van der Waals surface area contributed by atoms with Gasteiger partial charge in [-0.05, 0) is 62.1 Å². The molecule has 0 bridgehead atoms. The van der Waals surface area contributed by atoms with Gasteiger partial charge in [-0.15, -0.1) is 0 Å². The molecule has 0 heterocycles. The van der Waals surface area contributed by atoms with Crippen molar-refractivity contribution in [2.45, 2.75) is 58.7 Å². The van der Waals surface area contributed by atoms with Crippen LogP contribution in [0.2, 0.25) is 0 Å². The molecule has 7 heteroatoms. The maximum Gasteiger partial charge on any atom is 0.242 e. The van der Waals surface area contributed by atoms with E-state index in [0.29, 0.717) is 30.2 Å². The molecule has 0 aliphatic rings. The molecular formula is C26H36N2O5. The van der Waals surface area contributed by atoms with Gasteiger partial charge in [0, 0.05) is 19.0 Å². The topological polar surface area (TPSA) is 77.1 Å². The quantitative estimate of drug-likeness (QED) is 0.523. The predicted molar refractivity (Wildman–Crippen MR) is 129 cm³/mol. The van der Waals surface area contributed by atoms with Gasteiger partial charge in [0.05, 0.1) is 21.3 Å². The molecule has 2 atom stereocenters. The zero-order valence-corrected chi connectivity index (χ0v) is 20.5. The number of nitrogens with zero attached hydrogens (tertiary/aromatic N) is 1. The third-order valence-electron chi connectivity index (χ3n) is 5.73. The Labute approximate surface area is 197 Å². The molecule has 2 rings (SSSR count). The molecule has 0 aliphatic heterocycles. The average molecular weight is 457 g/mol. The highest BCUT2D eigenvalue weighted by Crippen LogP contribution is 2.28. The van der Waals surface area contributed by atoms with Crippen LogP contribution in [-0.2, 0) is 22.6 Å². The van der Waals surface area contributed by atoms with Crippen LogP contribution in [0.4, 0.5) is 0 Å². The number of amides is 2. The standard InChI is InChI=1S/C26H36N2O5/c1-7-18(2)27-26(30)19(3)28(17-21-9-8-10-22(15-21)31-4)25(29)14-12-20-11-13-23(32-5)24(16-20)33-6/h8-11,13,15-16,18-19H,7,12,14,17H2,1-6H3,(H,27,30)/t18-,19+/m0/s1. The number of benzene rings is 2. The summed E-state index contributed by atoms with van der Waals surface area (Å²) in [4.78, 5) is 27.8. The van der Waals surface area contributed by atoms with E-state index >= 15 is 0 Å². The Bertz CT molecular complexity index is 931. The van der Waals surface area contributed by atoms with Crippen LogP contribution >= 0.6 is 0 Å². The van der Waals surface area contributed by atoms with E-state index in [1.807, 2.05) is 56.3 Å². The van der Waals surface area contributed by atoms with Gasteiger partial charge in [0.2, 0.25) is 11.8 Å². The molecule has 0 fully saturated rings. The van der Waals surface area contributed by atoms with Gasteiger partial charge in [-0.25, -0.2) is 0 Å². The lowest BCUT2D eigenvalue weighted by Gasteiger charge is -2.30. The molecule has 1 N–H and O–H groups in total. The summed E-state index contributed by atoms with van der Waals surface area (Å²) in [6.07, 6.45) is 1.61. The smallest absolute Gasteiger partial charge is 0.242 e. The zero-order chi connectivity index (χ0) is 24.4. The van der Waals surface area contributed by atoms with Crippen LogP contribution in [0, 0.1) is 0 Å². The average Bonchev–Trinajstić information content (AvgIpc) is 2.84. The largest absolute Gasteiger partial charge is 0.497 e. The van der Waals surface area contributed by atoms with Gasteiger partial charge in [0.25, 0.3) is 0 Å². The van der Waals surface area contributed by atoms with Crippen LogP contribution < -0.4 is 19.5 Å². The fraction of sp³-hybridized carbons (Fsp3) is 0.462. The molecule has 0 aliphatic carbocycles. The van der Waals surface area contributed by atoms with Crippen molar-refractivity contribution in [1.82, 2.24) is 10.2 Å². The molecule has 0 radical (unpaired) electrons. The molecule has 2 amide bonds. The molecule has 2 aromatic rings. The molecule has 0 saturated carbocycles. The van der Waals surface area contributed by atoms with Gasteiger partial charge < -0.3 is 24.4 Å². The maximum absolute atomic E-state index is 13.3. The van der Waals surface area contributed by atoms with Crippen molar-refractivity contribution in [1.29, 1.82) is 0 Å². The van der Waals surface area contributed by atoms with Gasteiger partial charge in [0.1, 0.15) is 11.8 Å². The fourth-order valence-corrected chi connectivity index (χ4v) is 3.45. The minimum absolute atomic E-state index is 0.0421. The molecule has 7 nitrogen and oxygen atoms in total. The maximum atomic E-state index is 13.3. The normalized spacial score (nSPS) is 12.4. The SMILES string of the molecule is CC[C@H](C)NC(=O)[C@@H](C)N(Cc1cccc(OC)c1)C(=O)CCc1ccc(OC)c(OC)c1. The Morgan fingerprint density at radius 3 is 2.30 bits per heavy atom. The summed E-state index contributed by atoms with van der Waals surface area (Å²) in [7, 11) is 4.77. The van der Waals surface area contributed by atoms with Crippen LogP contribution in [0.3, 0.4) is 0 Å². The van der Waals surface area contributed by atoms with E-state index in [2.05, 4.69) is 5.32 Å². The summed E-state index contributed by atoms with van der Waals surface area (Å²) < 4.78 is 16.0. The Balaban J connectivity index is 2.20. The summed E-state index contributed by atoms with van der Waals surface area (Å²) in [6.45, 7) is 6.05. The molecule has 0 aromatic heterocycles. The number of ether oxygens (including phenoxy) is 3. The molecule has 33 heavy (non-hydrogen) atoms. The van der Waals surface area contributed by atoms with E-state index in [1.54, 1.807) is 33.2 Å². The van der Waals surface area contributed by atoms with E-state index in [-0.39, 0.29) is 24.3 Å². The third kappa shape index (κ3) is 7.41. The van der Waals surface area contributed by atoms with Gasteiger partial charge in [-0.3, -0.25) is 9.59 Å². The van der Waals surface area contributed by atoms with Crippen molar-refractivity contribution < 1.29 is 23.8 Å². The van der Waals surface area contributed by atoms with E-state index in [1.165, 1.54) is 0 Å². The summed E-state index contributed by atoms with van der Waals surface area (Å²) in [5.41, 5.74) is 1.86. The Morgan fingerprint density at radius 1 is 0.939 bits per heavy atom. The van der Waals surface area contributed by atoms with Crippen LogP contribution in [0.15, 0.2) is 42.5 Å². The van der Waals surface area contributed by atoms with E-state index < -0.39 is 6.04 Å². The second-order valence-electron chi connectivity index (χ2n) is 8.06.